The number of alkyl halides is 6. The van der Waals surface area contributed by atoms with Crippen molar-refractivity contribution in [1.82, 2.24) is 0 Å². The Morgan fingerprint density at radius 2 is 1.08 bits per heavy atom. The van der Waals surface area contributed by atoms with E-state index in [9.17, 15) is 26.3 Å². The molecule has 0 N–H and O–H groups in total. The van der Waals surface area contributed by atoms with Gasteiger partial charge >= 0.3 is 12.4 Å². The van der Waals surface area contributed by atoms with E-state index in [0.717, 1.165) is 24.3 Å². The predicted octanol–water partition coefficient (Wildman–Crippen LogP) is 5.57. The Morgan fingerprint density at radius 1 is 0.692 bits per heavy atom. The first-order chi connectivity index (χ1) is 12.1. The standard InChI is InChI=1S/C18H8F6N2/c19-17(20,21)14-5-1-3-11(7-14)16(13(9-25)10-26)12-4-2-6-15(8-12)18(22,23)24/h1-8H. The molecule has 0 heterocycles. The monoisotopic (exact) mass is 366 g/mol. The third-order valence-corrected chi connectivity index (χ3v) is 3.43. The van der Waals surface area contributed by atoms with Crippen LogP contribution in [-0.2, 0) is 12.4 Å². The van der Waals surface area contributed by atoms with E-state index in [1.165, 1.54) is 24.3 Å². The highest BCUT2D eigenvalue weighted by molar-refractivity contribution is 5.87. The molecule has 132 valence electrons. The van der Waals surface area contributed by atoms with Crippen molar-refractivity contribution in [3.05, 3.63) is 76.4 Å². The Hall–Kier alpha value is -3.26. The van der Waals surface area contributed by atoms with Gasteiger partial charge in [0.25, 0.3) is 0 Å². The van der Waals surface area contributed by atoms with Crippen LogP contribution in [0.5, 0.6) is 0 Å². The normalized spacial score (nSPS) is 11.4. The molecule has 0 atom stereocenters. The first-order valence-corrected chi connectivity index (χ1v) is 6.97. The molecule has 0 saturated heterocycles. The first-order valence-electron chi connectivity index (χ1n) is 6.97. The lowest BCUT2D eigenvalue weighted by molar-refractivity contribution is -0.138. The van der Waals surface area contributed by atoms with Crippen molar-refractivity contribution in [1.29, 1.82) is 10.5 Å². The fourth-order valence-electron chi connectivity index (χ4n) is 2.29. The Bertz CT molecular complexity index is 864. The zero-order valence-electron chi connectivity index (χ0n) is 12.8. The summed E-state index contributed by atoms with van der Waals surface area (Å²) in [4.78, 5) is 0. The van der Waals surface area contributed by atoms with Crippen LogP contribution in [0.15, 0.2) is 54.1 Å². The van der Waals surface area contributed by atoms with Gasteiger partial charge in [0.05, 0.1) is 11.1 Å². The van der Waals surface area contributed by atoms with Gasteiger partial charge in [0, 0.05) is 5.57 Å². The Morgan fingerprint density at radius 3 is 1.38 bits per heavy atom. The van der Waals surface area contributed by atoms with E-state index in [4.69, 9.17) is 10.5 Å². The van der Waals surface area contributed by atoms with Gasteiger partial charge in [-0.2, -0.15) is 36.9 Å². The van der Waals surface area contributed by atoms with Crippen LogP contribution in [-0.4, -0.2) is 0 Å². The molecule has 26 heavy (non-hydrogen) atoms. The quantitative estimate of drug-likeness (QED) is 0.515. The van der Waals surface area contributed by atoms with Gasteiger partial charge in [-0.1, -0.05) is 24.3 Å². The summed E-state index contributed by atoms with van der Waals surface area (Å²) in [5.41, 5.74) is -3.35. The molecule has 0 fully saturated rings. The highest BCUT2D eigenvalue weighted by Gasteiger charge is 2.32. The molecule has 2 aromatic rings. The lowest BCUT2D eigenvalue weighted by atomic mass is 9.91. The summed E-state index contributed by atoms with van der Waals surface area (Å²) in [6, 6.07) is 10.5. The van der Waals surface area contributed by atoms with Crippen LogP contribution in [0.4, 0.5) is 26.3 Å². The molecule has 2 nitrogen and oxygen atoms in total. The Balaban J connectivity index is 2.76. The number of benzene rings is 2. The number of hydrogen-bond donors (Lipinski definition) is 0. The van der Waals surface area contributed by atoms with E-state index in [0.29, 0.717) is 12.1 Å². The Kier molecular flexibility index (Phi) is 5.08. The third-order valence-electron chi connectivity index (χ3n) is 3.43. The number of halogens is 6. The van der Waals surface area contributed by atoms with Crippen molar-refractivity contribution < 1.29 is 26.3 Å². The van der Waals surface area contributed by atoms with Crippen LogP contribution in [0.25, 0.3) is 5.57 Å². The molecule has 0 radical (unpaired) electrons. The topological polar surface area (TPSA) is 47.6 Å². The molecule has 2 rings (SSSR count). The Labute approximate surface area is 144 Å². The molecular formula is C18H8F6N2. The predicted molar refractivity (Wildman–Crippen MR) is 80.1 cm³/mol. The summed E-state index contributed by atoms with van der Waals surface area (Å²) in [6.45, 7) is 0. The van der Waals surface area contributed by atoms with Crippen molar-refractivity contribution in [2.75, 3.05) is 0 Å². The van der Waals surface area contributed by atoms with E-state index in [1.54, 1.807) is 0 Å². The molecular weight excluding hydrogens is 358 g/mol. The summed E-state index contributed by atoms with van der Waals surface area (Å²) in [6.07, 6.45) is -9.37. The van der Waals surface area contributed by atoms with E-state index in [-0.39, 0.29) is 16.7 Å². The number of nitrogens with zero attached hydrogens (tertiary/aromatic N) is 2. The fourth-order valence-corrected chi connectivity index (χ4v) is 2.29. The van der Waals surface area contributed by atoms with E-state index in [1.807, 2.05) is 0 Å². The molecule has 0 unspecified atom stereocenters. The van der Waals surface area contributed by atoms with Crippen molar-refractivity contribution in [3.63, 3.8) is 0 Å². The average molecular weight is 366 g/mol. The van der Waals surface area contributed by atoms with Crippen LogP contribution in [0.2, 0.25) is 0 Å². The largest absolute Gasteiger partial charge is 0.416 e. The second-order valence-corrected chi connectivity index (χ2v) is 5.13. The fraction of sp³-hybridized carbons (Fsp3) is 0.111. The number of nitriles is 2. The minimum absolute atomic E-state index is 0.183. The maximum absolute atomic E-state index is 12.9. The van der Waals surface area contributed by atoms with Gasteiger partial charge in [-0.3, -0.25) is 0 Å². The van der Waals surface area contributed by atoms with Crippen LogP contribution >= 0.6 is 0 Å². The SMILES string of the molecule is N#CC(C#N)=C(c1cccc(C(F)(F)F)c1)c1cccc(C(F)(F)F)c1. The maximum Gasteiger partial charge on any atom is 0.416 e. The summed E-state index contributed by atoms with van der Waals surface area (Å²) in [5.74, 6) is 0. The van der Waals surface area contributed by atoms with Crippen molar-refractivity contribution in [2.45, 2.75) is 12.4 Å². The van der Waals surface area contributed by atoms with Gasteiger partial charge in [0.2, 0.25) is 0 Å². The van der Waals surface area contributed by atoms with Gasteiger partial charge < -0.3 is 0 Å². The van der Waals surface area contributed by atoms with Crippen LogP contribution in [0.3, 0.4) is 0 Å². The second kappa shape index (κ2) is 6.93. The van der Waals surface area contributed by atoms with E-state index in [2.05, 4.69) is 0 Å². The maximum atomic E-state index is 12.9. The van der Waals surface area contributed by atoms with Gasteiger partial charge in [0.15, 0.2) is 0 Å². The van der Waals surface area contributed by atoms with Gasteiger partial charge in [0.1, 0.15) is 17.7 Å². The molecule has 0 aliphatic rings. The highest BCUT2D eigenvalue weighted by Crippen LogP contribution is 2.36. The summed E-state index contributed by atoms with van der Waals surface area (Å²) in [5, 5.41) is 18.2. The first kappa shape index (κ1) is 19.1. The summed E-state index contributed by atoms with van der Waals surface area (Å²) < 4.78 is 77.5. The number of allylic oxidation sites excluding steroid dienone is 1. The van der Waals surface area contributed by atoms with Crippen molar-refractivity contribution >= 4 is 5.57 Å². The molecule has 0 aromatic heterocycles. The highest BCUT2D eigenvalue weighted by atomic mass is 19.4. The summed E-state index contributed by atoms with van der Waals surface area (Å²) in [7, 11) is 0. The molecule has 2 aromatic carbocycles. The smallest absolute Gasteiger partial charge is 0.192 e. The van der Waals surface area contributed by atoms with Crippen molar-refractivity contribution in [3.8, 4) is 12.1 Å². The van der Waals surface area contributed by atoms with E-state index >= 15 is 0 Å². The van der Waals surface area contributed by atoms with Crippen molar-refractivity contribution in [2.24, 2.45) is 0 Å². The molecule has 0 saturated carbocycles. The minimum atomic E-state index is -4.69. The lowest BCUT2D eigenvalue weighted by Gasteiger charge is -2.14. The average Bonchev–Trinajstić information content (AvgIpc) is 2.58. The van der Waals surface area contributed by atoms with Gasteiger partial charge in [-0.15, -0.1) is 0 Å². The third kappa shape index (κ3) is 4.04. The second-order valence-electron chi connectivity index (χ2n) is 5.13. The zero-order valence-corrected chi connectivity index (χ0v) is 12.8. The van der Waals surface area contributed by atoms with E-state index < -0.39 is 29.1 Å². The molecule has 0 aliphatic heterocycles. The van der Waals surface area contributed by atoms with Crippen LogP contribution < -0.4 is 0 Å². The number of rotatable bonds is 2. The summed E-state index contributed by atoms with van der Waals surface area (Å²) >= 11 is 0. The molecule has 0 spiro atoms. The lowest BCUT2D eigenvalue weighted by Crippen LogP contribution is -2.07. The van der Waals surface area contributed by atoms with Gasteiger partial charge in [-0.25, -0.2) is 0 Å². The van der Waals surface area contributed by atoms with Crippen LogP contribution in [0.1, 0.15) is 22.3 Å². The minimum Gasteiger partial charge on any atom is -0.192 e. The molecule has 0 amide bonds. The molecule has 0 bridgehead atoms. The van der Waals surface area contributed by atoms with Gasteiger partial charge in [-0.05, 0) is 35.4 Å². The molecule has 0 aliphatic carbocycles. The zero-order chi connectivity index (χ0) is 19.5. The number of hydrogen-bond acceptors (Lipinski definition) is 2. The molecule has 8 heteroatoms. The van der Waals surface area contributed by atoms with Crippen LogP contribution in [0, 0.1) is 22.7 Å².